The number of aryl methyl sites for hydroxylation is 1. The number of methoxy groups -OCH3 is 2. The number of aromatic nitrogens is 1. The summed E-state index contributed by atoms with van der Waals surface area (Å²) in [6, 6.07) is 2.67. The number of thioether (sulfide) groups is 1. The summed E-state index contributed by atoms with van der Waals surface area (Å²) in [7, 11) is 2.43. The Morgan fingerprint density at radius 1 is 0.980 bits per heavy atom. The summed E-state index contributed by atoms with van der Waals surface area (Å²) in [5.74, 6) is 0.0597. The van der Waals surface area contributed by atoms with Crippen LogP contribution in [0.4, 0.5) is 41.6 Å². The van der Waals surface area contributed by atoms with Gasteiger partial charge in [0, 0.05) is 29.5 Å². The molecule has 3 aromatic rings. The van der Waals surface area contributed by atoms with Gasteiger partial charge < -0.3 is 18.9 Å². The number of anilines is 1. The zero-order valence-corrected chi connectivity index (χ0v) is 30.0. The van der Waals surface area contributed by atoms with Crippen molar-refractivity contribution >= 4 is 46.9 Å². The second kappa shape index (κ2) is 16.0. The molecular formula is C33H35F6N3O7S2. The molecule has 2 heterocycles. The van der Waals surface area contributed by atoms with E-state index in [2.05, 4.69) is 4.98 Å². The lowest BCUT2D eigenvalue weighted by Crippen LogP contribution is -2.47. The summed E-state index contributed by atoms with van der Waals surface area (Å²) in [6.07, 6.45) is -11.9. The fourth-order valence-electron chi connectivity index (χ4n) is 5.65. The number of esters is 1. The third-order valence-electron chi connectivity index (χ3n) is 7.89. The van der Waals surface area contributed by atoms with Crippen LogP contribution in [0.2, 0.25) is 0 Å². The Hall–Kier alpha value is -4.19. The van der Waals surface area contributed by atoms with Gasteiger partial charge in [0.25, 0.3) is 0 Å². The minimum Gasteiger partial charge on any atom is -0.496 e. The van der Waals surface area contributed by atoms with Gasteiger partial charge in [-0.25, -0.2) is 19.4 Å². The van der Waals surface area contributed by atoms with Crippen molar-refractivity contribution in [2.75, 3.05) is 32.3 Å². The van der Waals surface area contributed by atoms with Gasteiger partial charge in [0.05, 0.1) is 56.0 Å². The molecule has 18 heteroatoms. The average molecular weight is 764 g/mol. The molecular weight excluding hydrogens is 728 g/mol. The maximum absolute atomic E-state index is 13.7. The van der Waals surface area contributed by atoms with Crippen molar-refractivity contribution in [2.24, 2.45) is 0 Å². The zero-order valence-electron chi connectivity index (χ0n) is 28.4. The van der Waals surface area contributed by atoms with Crippen LogP contribution in [-0.2, 0) is 38.9 Å². The van der Waals surface area contributed by atoms with Gasteiger partial charge in [-0.1, -0.05) is 11.8 Å². The molecule has 10 nitrogen and oxygen atoms in total. The Kier molecular flexibility index (Phi) is 12.4. The molecule has 0 N–H and O–H groups in total. The average Bonchev–Trinajstić information content (AvgIpc) is 3.44. The van der Waals surface area contributed by atoms with Crippen LogP contribution in [0.25, 0.3) is 0 Å². The Morgan fingerprint density at radius 3 is 2.16 bits per heavy atom. The fraction of sp³-hybridized carbons (Fsp3) is 0.455. The predicted molar refractivity (Wildman–Crippen MR) is 176 cm³/mol. The molecule has 2 atom stereocenters. The zero-order chi connectivity index (χ0) is 37.8. The minimum absolute atomic E-state index is 0.0102. The first-order valence-electron chi connectivity index (χ1n) is 15.5. The molecule has 0 saturated carbocycles. The normalized spacial score (nSPS) is 16.0. The van der Waals surface area contributed by atoms with E-state index >= 15 is 0 Å². The molecule has 2 unspecified atom stereocenters. The maximum Gasteiger partial charge on any atom is 0.416 e. The second-order valence-corrected chi connectivity index (χ2v) is 13.5. The van der Waals surface area contributed by atoms with Gasteiger partial charge in [0.2, 0.25) is 0 Å². The Bertz CT molecular complexity index is 1730. The van der Waals surface area contributed by atoms with Crippen molar-refractivity contribution in [3.8, 4) is 5.75 Å². The van der Waals surface area contributed by atoms with E-state index in [0.717, 1.165) is 23.3 Å². The highest BCUT2D eigenvalue weighted by molar-refractivity contribution is 8.00. The van der Waals surface area contributed by atoms with Gasteiger partial charge in [-0.3, -0.25) is 9.80 Å². The standard InChI is InChI=1S/C33H35F6N3O7S2/c1-7-48-28(43)27-18(4)40-29(51-27)50-16-20-12-25-23(14-26(20)46-5)24(9-17(3)42(25)31(45)49-8-2)41(30(44)47-6)15-19-10-21(32(34,35)36)13-22(11-19)33(37,38)39/h10-14,17,24H,7-9,15-16H2,1-6H3. The lowest BCUT2D eigenvalue weighted by atomic mass is 9.89. The number of ether oxygens (including phenoxy) is 4. The number of benzene rings is 2. The van der Waals surface area contributed by atoms with Crippen molar-refractivity contribution < 1.29 is 59.7 Å². The third-order valence-corrected chi connectivity index (χ3v) is 10.2. The molecule has 51 heavy (non-hydrogen) atoms. The topological polar surface area (TPSA) is 108 Å². The Labute approximate surface area is 298 Å². The van der Waals surface area contributed by atoms with E-state index in [9.17, 15) is 40.7 Å². The van der Waals surface area contributed by atoms with Crippen molar-refractivity contribution in [3.05, 3.63) is 68.7 Å². The lowest BCUT2D eigenvalue weighted by Gasteiger charge is -2.43. The number of hydrogen-bond donors (Lipinski definition) is 0. The second-order valence-electron chi connectivity index (χ2n) is 11.3. The highest BCUT2D eigenvalue weighted by Gasteiger charge is 2.41. The first-order valence-corrected chi connectivity index (χ1v) is 17.3. The lowest BCUT2D eigenvalue weighted by molar-refractivity contribution is -0.143. The smallest absolute Gasteiger partial charge is 0.416 e. The van der Waals surface area contributed by atoms with Crippen LogP contribution in [-0.4, -0.2) is 61.5 Å². The molecule has 2 amide bonds. The number of thiazole rings is 1. The quantitative estimate of drug-likeness (QED) is 0.0866. The third kappa shape index (κ3) is 9.01. The van der Waals surface area contributed by atoms with E-state index in [0.29, 0.717) is 43.9 Å². The monoisotopic (exact) mass is 763 g/mol. The molecule has 1 aromatic heterocycles. The van der Waals surface area contributed by atoms with Gasteiger partial charge in [-0.2, -0.15) is 26.3 Å². The number of alkyl halides is 6. The Balaban J connectivity index is 1.81. The van der Waals surface area contributed by atoms with Gasteiger partial charge >= 0.3 is 30.5 Å². The molecule has 2 aromatic carbocycles. The van der Waals surface area contributed by atoms with Gasteiger partial charge in [0.15, 0.2) is 4.34 Å². The number of hydrogen-bond acceptors (Lipinski definition) is 10. The predicted octanol–water partition coefficient (Wildman–Crippen LogP) is 9.03. The number of carbonyl (C=O) groups excluding carboxylic acids is 3. The highest BCUT2D eigenvalue weighted by Crippen LogP contribution is 2.46. The largest absolute Gasteiger partial charge is 0.496 e. The fourth-order valence-corrected chi connectivity index (χ4v) is 7.71. The van der Waals surface area contributed by atoms with Crippen LogP contribution >= 0.6 is 23.1 Å². The van der Waals surface area contributed by atoms with E-state index in [1.54, 1.807) is 39.8 Å². The van der Waals surface area contributed by atoms with E-state index < -0.39 is 65.8 Å². The number of halogens is 6. The highest BCUT2D eigenvalue weighted by atomic mass is 32.2. The molecule has 0 saturated heterocycles. The number of amides is 2. The van der Waals surface area contributed by atoms with E-state index in [-0.39, 0.29) is 37.1 Å². The molecule has 0 bridgehead atoms. The van der Waals surface area contributed by atoms with Crippen LogP contribution in [0, 0.1) is 6.92 Å². The molecule has 1 aliphatic rings. The van der Waals surface area contributed by atoms with Crippen molar-refractivity contribution in [1.82, 2.24) is 9.88 Å². The molecule has 1 aliphatic heterocycles. The van der Waals surface area contributed by atoms with Crippen molar-refractivity contribution in [2.45, 2.75) is 75.2 Å². The molecule has 0 fully saturated rings. The van der Waals surface area contributed by atoms with Crippen LogP contribution in [0.15, 0.2) is 34.7 Å². The van der Waals surface area contributed by atoms with Crippen LogP contribution in [0.5, 0.6) is 5.75 Å². The molecule has 0 spiro atoms. The minimum atomic E-state index is -5.10. The summed E-state index contributed by atoms with van der Waals surface area (Å²) < 4.78 is 104. The van der Waals surface area contributed by atoms with E-state index in [1.165, 1.54) is 23.8 Å². The number of nitrogens with zero attached hydrogens (tertiary/aromatic N) is 3. The van der Waals surface area contributed by atoms with E-state index in [1.807, 2.05) is 0 Å². The number of rotatable bonds is 10. The van der Waals surface area contributed by atoms with Gasteiger partial charge in [0.1, 0.15) is 10.6 Å². The summed E-state index contributed by atoms with van der Waals surface area (Å²) in [6.45, 7) is 6.21. The number of carbonyl (C=O) groups is 3. The van der Waals surface area contributed by atoms with Crippen LogP contribution in [0.1, 0.15) is 76.4 Å². The van der Waals surface area contributed by atoms with Crippen molar-refractivity contribution in [3.63, 3.8) is 0 Å². The van der Waals surface area contributed by atoms with Crippen LogP contribution < -0.4 is 9.64 Å². The molecule has 4 rings (SSSR count). The SMILES string of the molecule is CCOC(=O)c1sc(SCc2cc3c(cc2OC)C(N(Cc2cc(C(F)(F)F)cc(C(F)(F)F)c2)C(=O)OC)CC(C)N3C(=O)OCC)nc1C. The Morgan fingerprint density at radius 2 is 1.61 bits per heavy atom. The summed E-state index contributed by atoms with van der Waals surface area (Å²) in [4.78, 5) is 46.1. The first-order chi connectivity index (χ1) is 23.9. The van der Waals surface area contributed by atoms with Gasteiger partial charge in [-0.05, 0) is 70.0 Å². The summed E-state index contributed by atoms with van der Waals surface area (Å²) in [5, 5.41) is 0. The molecule has 278 valence electrons. The molecule has 0 radical (unpaired) electrons. The molecule has 0 aliphatic carbocycles. The maximum atomic E-state index is 13.7. The first kappa shape index (κ1) is 39.6. The van der Waals surface area contributed by atoms with E-state index in [4.69, 9.17) is 18.9 Å². The van der Waals surface area contributed by atoms with Crippen LogP contribution in [0.3, 0.4) is 0 Å². The van der Waals surface area contributed by atoms with Crippen molar-refractivity contribution in [1.29, 1.82) is 0 Å². The number of fused-ring (bicyclic) bond motifs is 1. The van der Waals surface area contributed by atoms with Gasteiger partial charge in [-0.15, -0.1) is 11.3 Å². The summed E-state index contributed by atoms with van der Waals surface area (Å²) >= 11 is 2.44. The summed E-state index contributed by atoms with van der Waals surface area (Å²) in [5.41, 5.74) is -1.83.